The fraction of sp³-hybridized carbons (Fsp3) is 0.444. The molecule has 0 unspecified atom stereocenters. The van der Waals surface area contributed by atoms with Crippen LogP contribution in [0.3, 0.4) is 0 Å². The number of ether oxygens (including phenoxy) is 2. The molecule has 1 aliphatic heterocycles. The number of carboxylic acids is 1. The van der Waals surface area contributed by atoms with Crippen molar-refractivity contribution < 1.29 is 19.4 Å². The Bertz CT molecular complexity index is 937. The lowest BCUT2D eigenvalue weighted by Gasteiger charge is -2.43. The topological polar surface area (TPSA) is 55.8 Å². The van der Waals surface area contributed by atoms with Crippen LogP contribution in [0.1, 0.15) is 68.2 Å². The maximum atomic E-state index is 11.1. The van der Waals surface area contributed by atoms with E-state index in [-0.39, 0.29) is 30.5 Å². The summed E-state index contributed by atoms with van der Waals surface area (Å²) in [6.07, 6.45) is 3.35. The molecule has 1 heterocycles. The maximum Gasteiger partial charge on any atom is 0.303 e. The summed E-state index contributed by atoms with van der Waals surface area (Å²) in [4.78, 5) is 11.1. The van der Waals surface area contributed by atoms with Gasteiger partial charge in [-0.05, 0) is 61.6 Å². The molecule has 1 N–H and O–H groups in total. The van der Waals surface area contributed by atoms with E-state index >= 15 is 0 Å². The van der Waals surface area contributed by atoms with E-state index in [0.29, 0.717) is 6.42 Å². The van der Waals surface area contributed by atoms with Gasteiger partial charge in [0.25, 0.3) is 0 Å². The van der Waals surface area contributed by atoms with Gasteiger partial charge in [-0.25, -0.2) is 0 Å². The number of benzene rings is 2. The first kappa shape index (κ1) is 24.3. The minimum absolute atomic E-state index is 0.0640. The molecule has 0 aromatic heterocycles. The molecule has 0 bridgehead atoms. The Morgan fingerprint density at radius 2 is 1.97 bits per heavy atom. The van der Waals surface area contributed by atoms with Gasteiger partial charge < -0.3 is 14.6 Å². The Morgan fingerprint density at radius 3 is 2.56 bits per heavy atom. The molecular formula is C27H33ClO4. The van der Waals surface area contributed by atoms with Crippen LogP contribution in [0.4, 0.5) is 0 Å². The summed E-state index contributed by atoms with van der Waals surface area (Å²) in [5.41, 5.74) is 4.25. The van der Waals surface area contributed by atoms with Crippen molar-refractivity contribution in [2.75, 3.05) is 7.11 Å². The highest BCUT2D eigenvalue weighted by atomic mass is 35.5. The summed E-state index contributed by atoms with van der Waals surface area (Å²) in [6.45, 7) is 8.52. The first-order chi connectivity index (χ1) is 15.3. The zero-order valence-electron chi connectivity index (χ0n) is 19.1. The maximum absolute atomic E-state index is 11.1. The number of carbonyl (C=O) groups is 1. The van der Waals surface area contributed by atoms with E-state index in [1.807, 2.05) is 30.3 Å². The van der Waals surface area contributed by atoms with Crippen molar-refractivity contribution in [1.29, 1.82) is 0 Å². The minimum Gasteiger partial charge on any atom is -0.496 e. The van der Waals surface area contributed by atoms with Crippen LogP contribution in [-0.2, 0) is 16.0 Å². The van der Waals surface area contributed by atoms with Crippen molar-refractivity contribution in [3.8, 4) is 5.75 Å². The van der Waals surface area contributed by atoms with Crippen LogP contribution >= 0.6 is 11.6 Å². The molecule has 0 spiro atoms. The third kappa shape index (κ3) is 5.73. The van der Waals surface area contributed by atoms with Gasteiger partial charge in [0.2, 0.25) is 0 Å². The number of halogens is 1. The van der Waals surface area contributed by atoms with E-state index in [9.17, 15) is 4.79 Å². The van der Waals surface area contributed by atoms with Gasteiger partial charge in [0.1, 0.15) is 5.75 Å². The second-order valence-corrected chi connectivity index (χ2v) is 9.14. The number of methoxy groups -OCH3 is 1. The van der Waals surface area contributed by atoms with Gasteiger partial charge >= 0.3 is 5.97 Å². The summed E-state index contributed by atoms with van der Waals surface area (Å²) in [7, 11) is 1.66. The Hall–Kier alpha value is -2.30. The summed E-state index contributed by atoms with van der Waals surface area (Å²) >= 11 is 6.13. The SMILES string of the molecule is C=C(C)[C@H]1C[C@@H](c2ccc(Cl)cc2)[C@H](CCC)O[C@@H]1c1cc(CCC(=O)O)ccc1OC. The standard InChI is InChI=1S/C27H33ClO4/c1-5-6-25-22(19-9-11-20(28)12-10-19)16-21(17(2)3)27(32-25)23-15-18(8-14-26(29)30)7-13-24(23)31-4/h7,9-13,15,21-22,25,27H,2,5-6,8,14,16H2,1,3-4H3,(H,29,30)/t21-,22+,25+,27+/m1/s1. The Morgan fingerprint density at radius 1 is 1.25 bits per heavy atom. The molecule has 5 heteroatoms. The smallest absolute Gasteiger partial charge is 0.303 e. The van der Waals surface area contributed by atoms with E-state index in [1.165, 1.54) is 5.56 Å². The Labute approximate surface area is 196 Å². The number of carboxylic acid groups (broad SMARTS) is 1. The molecule has 172 valence electrons. The van der Waals surface area contributed by atoms with E-state index in [1.54, 1.807) is 7.11 Å². The highest BCUT2D eigenvalue weighted by Crippen LogP contribution is 2.49. The zero-order valence-corrected chi connectivity index (χ0v) is 19.9. The summed E-state index contributed by atoms with van der Waals surface area (Å²) in [5, 5.41) is 9.82. The summed E-state index contributed by atoms with van der Waals surface area (Å²) < 4.78 is 12.5. The second-order valence-electron chi connectivity index (χ2n) is 8.70. The number of hydrogen-bond donors (Lipinski definition) is 1. The van der Waals surface area contributed by atoms with Gasteiger partial charge in [0.15, 0.2) is 0 Å². The van der Waals surface area contributed by atoms with Gasteiger partial charge in [0.05, 0.1) is 19.3 Å². The molecule has 1 aliphatic rings. The van der Waals surface area contributed by atoms with Crippen LogP contribution in [0.25, 0.3) is 0 Å². The molecule has 0 radical (unpaired) electrons. The highest BCUT2D eigenvalue weighted by Gasteiger charge is 2.40. The van der Waals surface area contributed by atoms with Crippen molar-refractivity contribution in [3.05, 3.63) is 76.3 Å². The van der Waals surface area contributed by atoms with Crippen molar-refractivity contribution in [2.45, 2.75) is 64.1 Å². The Balaban J connectivity index is 1.98. The van der Waals surface area contributed by atoms with Crippen LogP contribution in [0.5, 0.6) is 5.75 Å². The van der Waals surface area contributed by atoms with Gasteiger partial charge in [-0.1, -0.05) is 55.3 Å². The molecule has 32 heavy (non-hydrogen) atoms. The molecule has 3 rings (SSSR count). The van der Waals surface area contributed by atoms with Gasteiger partial charge in [-0.2, -0.15) is 0 Å². The van der Waals surface area contributed by atoms with E-state index < -0.39 is 5.97 Å². The first-order valence-electron chi connectivity index (χ1n) is 11.3. The van der Waals surface area contributed by atoms with Gasteiger partial charge in [-0.3, -0.25) is 4.79 Å². The van der Waals surface area contributed by atoms with E-state index in [2.05, 4.69) is 32.6 Å². The molecule has 4 atom stereocenters. The number of hydrogen-bond acceptors (Lipinski definition) is 3. The van der Waals surface area contributed by atoms with Crippen LogP contribution in [0, 0.1) is 5.92 Å². The number of rotatable bonds is 9. The van der Waals surface area contributed by atoms with Gasteiger partial charge in [-0.15, -0.1) is 0 Å². The first-order valence-corrected chi connectivity index (χ1v) is 11.7. The predicted octanol–water partition coefficient (Wildman–Crippen LogP) is 6.97. The molecule has 2 aromatic carbocycles. The largest absolute Gasteiger partial charge is 0.496 e. The lowest BCUT2D eigenvalue weighted by Crippen LogP contribution is -2.36. The third-order valence-corrected chi connectivity index (χ3v) is 6.63. The van der Waals surface area contributed by atoms with Crippen molar-refractivity contribution >= 4 is 17.6 Å². The number of aliphatic carboxylic acids is 1. The quantitative estimate of drug-likeness (QED) is 0.414. The summed E-state index contributed by atoms with van der Waals surface area (Å²) in [5.74, 6) is 0.337. The summed E-state index contributed by atoms with van der Waals surface area (Å²) in [6, 6.07) is 14.0. The molecular weight excluding hydrogens is 424 g/mol. The molecule has 0 saturated carbocycles. The Kier molecular flexibility index (Phi) is 8.38. The van der Waals surface area contributed by atoms with Crippen LogP contribution in [0.2, 0.25) is 5.02 Å². The fourth-order valence-electron chi connectivity index (χ4n) is 4.70. The van der Waals surface area contributed by atoms with Crippen molar-refractivity contribution in [2.24, 2.45) is 5.92 Å². The molecule has 1 fully saturated rings. The minimum atomic E-state index is -0.801. The lowest BCUT2D eigenvalue weighted by molar-refractivity contribution is -0.136. The van der Waals surface area contributed by atoms with E-state index in [4.69, 9.17) is 26.2 Å². The monoisotopic (exact) mass is 456 g/mol. The highest BCUT2D eigenvalue weighted by molar-refractivity contribution is 6.30. The lowest BCUT2D eigenvalue weighted by atomic mass is 9.74. The molecule has 4 nitrogen and oxygen atoms in total. The number of aryl methyl sites for hydroxylation is 1. The molecule has 1 saturated heterocycles. The van der Waals surface area contributed by atoms with Crippen LogP contribution in [-0.4, -0.2) is 24.3 Å². The average Bonchev–Trinajstić information content (AvgIpc) is 2.78. The van der Waals surface area contributed by atoms with Crippen molar-refractivity contribution in [1.82, 2.24) is 0 Å². The third-order valence-electron chi connectivity index (χ3n) is 6.38. The van der Waals surface area contributed by atoms with Crippen LogP contribution < -0.4 is 4.74 Å². The normalized spacial score (nSPS) is 23.0. The fourth-order valence-corrected chi connectivity index (χ4v) is 4.83. The average molecular weight is 457 g/mol. The molecule has 2 aromatic rings. The van der Waals surface area contributed by atoms with Gasteiger partial charge in [0, 0.05) is 28.8 Å². The van der Waals surface area contributed by atoms with Crippen LogP contribution in [0.15, 0.2) is 54.6 Å². The second kappa shape index (κ2) is 11.0. The van der Waals surface area contributed by atoms with Crippen molar-refractivity contribution in [3.63, 3.8) is 0 Å². The van der Waals surface area contributed by atoms with E-state index in [0.717, 1.165) is 46.7 Å². The molecule has 0 aliphatic carbocycles. The predicted molar refractivity (Wildman–Crippen MR) is 129 cm³/mol. The zero-order chi connectivity index (χ0) is 23.3. The molecule has 0 amide bonds.